The minimum Gasteiger partial charge on any atom is -0.361 e. The summed E-state index contributed by atoms with van der Waals surface area (Å²) in [6.07, 6.45) is 6.50. The second kappa shape index (κ2) is 5.92. The van der Waals surface area contributed by atoms with E-state index >= 15 is 0 Å². The molecule has 0 radical (unpaired) electrons. The average molecular weight is 320 g/mol. The van der Waals surface area contributed by atoms with Crippen molar-refractivity contribution in [1.82, 2.24) is 4.98 Å². The highest BCUT2D eigenvalue weighted by atomic mass is 16.2. The van der Waals surface area contributed by atoms with Crippen molar-refractivity contribution in [2.24, 2.45) is 0 Å². The van der Waals surface area contributed by atoms with Crippen LogP contribution in [-0.4, -0.2) is 24.2 Å². The molecule has 1 aromatic heterocycles. The lowest BCUT2D eigenvalue weighted by atomic mass is 9.85. The summed E-state index contributed by atoms with van der Waals surface area (Å²) in [5, 5.41) is 10.9. The molecule has 1 aliphatic rings. The van der Waals surface area contributed by atoms with E-state index in [1.807, 2.05) is 44.2 Å². The molecule has 24 heavy (non-hydrogen) atoms. The van der Waals surface area contributed by atoms with E-state index in [4.69, 9.17) is 5.41 Å². The molecule has 1 amide bonds. The zero-order valence-electron chi connectivity index (χ0n) is 14.0. The Bertz CT molecular complexity index is 825. The molecule has 2 aromatic rings. The molecular weight excluding hydrogens is 300 g/mol. The summed E-state index contributed by atoms with van der Waals surface area (Å²) in [5.74, 6) is 0.0879. The second-order valence-corrected chi connectivity index (χ2v) is 6.35. The number of allylic oxidation sites excluding steroid dienone is 1. The van der Waals surface area contributed by atoms with Crippen molar-refractivity contribution >= 4 is 29.1 Å². The molecule has 1 aliphatic heterocycles. The number of amides is 1. The summed E-state index contributed by atoms with van der Waals surface area (Å²) in [4.78, 5) is 18.1. The fourth-order valence-corrected chi connectivity index (χ4v) is 2.98. The van der Waals surface area contributed by atoms with Gasteiger partial charge in [-0.3, -0.25) is 9.78 Å². The first-order valence-corrected chi connectivity index (χ1v) is 7.75. The number of nitrogens with one attached hydrogen (secondary N) is 2. The summed E-state index contributed by atoms with van der Waals surface area (Å²) >= 11 is 0. The summed E-state index contributed by atoms with van der Waals surface area (Å²) in [6.45, 7) is 3.88. The van der Waals surface area contributed by atoms with E-state index in [1.54, 1.807) is 30.5 Å². The number of anilines is 2. The Balaban J connectivity index is 1.95. The third-order valence-corrected chi connectivity index (χ3v) is 4.44. The zero-order valence-corrected chi connectivity index (χ0v) is 14.0. The molecule has 0 atom stereocenters. The number of carbonyl (C=O) groups excluding carboxylic acids is 1. The summed E-state index contributed by atoms with van der Waals surface area (Å²) < 4.78 is 0. The van der Waals surface area contributed by atoms with Crippen LogP contribution in [0.25, 0.3) is 5.57 Å². The van der Waals surface area contributed by atoms with Gasteiger partial charge in [-0.15, -0.1) is 0 Å². The Morgan fingerprint density at radius 2 is 1.96 bits per heavy atom. The highest BCUT2D eigenvalue weighted by Gasteiger charge is 2.42. The summed E-state index contributed by atoms with van der Waals surface area (Å²) in [6, 6.07) is 9.62. The molecule has 2 heterocycles. The number of fused-ring (bicyclic) bond motifs is 1. The highest BCUT2D eigenvalue weighted by Crippen LogP contribution is 2.41. The Hall–Kier alpha value is -2.95. The van der Waals surface area contributed by atoms with Gasteiger partial charge in [-0.1, -0.05) is 12.1 Å². The lowest BCUT2D eigenvalue weighted by molar-refractivity contribution is -0.121. The standard InChI is InChI=1S/C19H20N4O/c1-19(2)16-5-4-13(10-17(16)23(3)18(19)24)14(11-20)12-22-15-6-8-21-9-7-15/h4-12,20H,1-3H3,(H,21,22)/b14-12+,20-11?. The van der Waals surface area contributed by atoms with Crippen LogP contribution in [0.2, 0.25) is 0 Å². The average Bonchev–Trinajstić information content (AvgIpc) is 2.77. The first kappa shape index (κ1) is 15.9. The second-order valence-electron chi connectivity index (χ2n) is 6.35. The van der Waals surface area contributed by atoms with Crippen LogP contribution >= 0.6 is 0 Å². The van der Waals surface area contributed by atoms with Crippen molar-refractivity contribution in [2.45, 2.75) is 19.3 Å². The molecule has 5 heteroatoms. The molecular formula is C19H20N4O. The molecule has 0 spiro atoms. The number of rotatable bonds is 4. The van der Waals surface area contributed by atoms with E-state index in [2.05, 4.69) is 10.3 Å². The van der Waals surface area contributed by atoms with Gasteiger partial charge in [0.05, 0.1) is 5.41 Å². The van der Waals surface area contributed by atoms with Crippen molar-refractivity contribution < 1.29 is 4.79 Å². The lowest BCUT2D eigenvalue weighted by Crippen LogP contribution is -2.33. The van der Waals surface area contributed by atoms with Crippen LogP contribution in [0.3, 0.4) is 0 Å². The fraction of sp³-hybridized carbons (Fsp3) is 0.211. The number of pyridine rings is 1. The number of likely N-dealkylation sites (N-methyl/N-ethyl adjacent to an activating group) is 1. The van der Waals surface area contributed by atoms with E-state index in [0.717, 1.165) is 28.1 Å². The molecule has 0 aliphatic carbocycles. The van der Waals surface area contributed by atoms with Gasteiger partial charge in [0.15, 0.2) is 0 Å². The number of hydrogen-bond donors (Lipinski definition) is 2. The summed E-state index contributed by atoms with van der Waals surface area (Å²) in [7, 11) is 1.79. The maximum atomic E-state index is 12.4. The van der Waals surface area contributed by atoms with E-state index < -0.39 is 5.41 Å². The summed E-state index contributed by atoms with van der Waals surface area (Å²) in [5.41, 5.74) is 3.94. The Labute approximate surface area is 141 Å². The topological polar surface area (TPSA) is 69.1 Å². The van der Waals surface area contributed by atoms with Gasteiger partial charge in [-0.2, -0.15) is 0 Å². The molecule has 5 nitrogen and oxygen atoms in total. The van der Waals surface area contributed by atoms with Crippen LogP contribution in [0.15, 0.2) is 48.9 Å². The van der Waals surface area contributed by atoms with Gasteiger partial charge in [0, 0.05) is 48.8 Å². The zero-order chi connectivity index (χ0) is 17.3. The number of benzene rings is 1. The smallest absolute Gasteiger partial charge is 0.236 e. The molecule has 0 fully saturated rings. The maximum absolute atomic E-state index is 12.4. The van der Waals surface area contributed by atoms with Crippen LogP contribution in [-0.2, 0) is 10.2 Å². The Kier molecular flexibility index (Phi) is 3.93. The van der Waals surface area contributed by atoms with Crippen LogP contribution in [0, 0.1) is 5.41 Å². The minimum atomic E-state index is -0.507. The van der Waals surface area contributed by atoms with Crippen molar-refractivity contribution in [3.05, 3.63) is 60.1 Å². The van der Waals surface area contributed by atoms with Gasteiger partial charge < -0.3 is 15.6 Å². The van der Waals surface area contributed by atoms with Crippen molar-refractivity contribution in [1.29, 1.82) is 5.41 Å². The number of nitrogens with zero attached hydrogens (tertiary/aromatic N) is 2. The Morgan fingerprint density at radius 3 is 2.62 bits per heavy atom. The largest absolute Gasteiger partial charge is 0.361 e. The van der Waals surface area contributed by atoms with Crippen molar-refractivity contribution in [3.8, 4) is 0 Å². The molecule has 122 valence electrons. The molecule has 0 saturated carbocycles. The van der Waals surface area contributed by atoms with Gasteiger partial charge in [0.25, 0.3) is 0 Å². The van der Waals surface area contributed by atoms with Crippen molar-refractivity contribution in [3.63, 3.8) is 0 Å². The molecule has 3 rings (SSSR count). The molecule has 0 unspecified atom stereocenters. The minimum absolute atomic E-state index is 0.0879. The Morgan fingerprint density at radius 1 is 1.25 bits per heavy atom. The number of hydrogen-bond acceptors (Lipinski definition) is 4. The van der Waals surface area contributed by atoms with E-state index in [0.29, 0.717) is 0 Å². The van der Waals surface area contributed by atoms with Gasteiger partial charge in [-0.05, 0) is 43.2 Å². The number of aromatic nitrogens is 1. The van der Waals surface area contributed by atoms with E-state index in [9.17, 15) is 4.79 Å². The maximum Gasteiger partial charge on any atom is 0.236 e. The SMILES string of the molecule is CN1C(=O)C(C)(C)c2ccc(/C(C=N)=C/Nc3ccncc3)cc21. The van der Waals surface area contributed by atoms with Gasteiger partial charge in [0.1, 0.15) is 0 Å². The monoisotopic (exact) mass is 320 g/mol. The first-order chi connectivity index (χ1) is 11.4. The van der Waals surface area contributed by atoms with Crippen LogP contribution in [0.4, 0.5) is 11.4 Å². The van der Waals surface area contributed by atoms with Gasteiger partial charge in [0.2, 0.25) is 5.91 Å². The lowest BCUT2D eigenvalue weighted by Gasteiger charge is -2.16. The van der Waals surface area contributed by atoms with Gasteiger partial charge >= 0.3 is 0 Å². The van der Waals surface area contributed by atoms with Crippen LogP contribution in [0.1, 0.15) is 25.0 Å². The molecule has 0 saturated heterocycles. The van der Waals surface area contributed by atoms with E-state index in [-0.39, 0.29) is 5.91 Å². The van der Waals surface area contributed by atoms with Crippen molar-refractivity contribution in [2.75, 3.05) is 17.3 Å². The molecule has 2 N–H and O–H groups in total. The highest BCUT2D eigenvalue weighted by molar-refractivity contribution is 6.11. The van der Waals surface area contributed by atoms with Crippen LogP contribution in [0.5, 0.6) is 0 Å². The van der Waals surface area contributed by atoms with E-state index in [1.165, 1.54) is 6.21 Å². The van der Waals surface area contributed by atoms with Crippen LogP contribution < -0.4 is 10.2 Å². The molecule has 1 aromatic carbocycles. The quantitative estimate of drug-likeness (QED) is 0.848. The molecule has 0 bridgehead atoms. The number of carbonyl (C=O) groups is 1. The first-order valence-electron chi connectivity index (χ1n) is 7.75. The fourth-order valence-electron chi connectivity index (χ4n) is 2.98. The normalized spacial score (nSPS) is 16.0. The van der Waals surface area contributed by atoms with Gasteiger partial charge in [-0.25, -0.2) is 0 Å². The third-order valence-electron chi connectivity index (χ3n) is 4.44. The predicted octanol–water partition coefficient (Wildman–Crippen LogP) is 3.44. The third kappa shape index (κ3) is 2.58. The predicted molar refractivity (Wildman–Crippen MR) is 97.5 cm³/mol.